The maximum Gasteiger partial charge on any atom is 0.284 e. The minimum absolute atomic E-state index is 0.619. The van der Waals surface area contributed by atoms with Gasteiger partial charge in [0.05, 0.1) is 17.5 Å². The molecule has 0 radical (unpaired) electrons. The third-order valence-corrected chi connectivity index (χ3v) is 5.77. The van der Waals surface area contributed by atoms with Crippen molar-refractivity contribution in [1.82, 2.24) is 0 Å². The molecule has 0 bridgehead atoms. The number of rotatable bonds is 0. The maximum atomic E-state index is 7.47. The van der Waals surface area contributed by atoms with Crippen molar-refractivity contribution in [2.75, 3.05) is 0 Å². The lowest BCUT2D eigenvalue weighted by molar-refractivity contribution is -0.659. The number of hydrogen-bond acceptors (Lipinski definition) is 2. The van der Waals surface area contributed by atoms with Crippen LogP contribution in [0.3, 0.4) is 0 Å². The van der Waals surface area contributed by atoms with Gasteiger partial charge in [0.2, 0.25) is 5.69 Å². The third kappa shape index (κ3) is 1.57. The topological polar surface area (TPSA) is 17.5 Å². The summed E-state index contributed by atoms with van der Waals surface area (Å²) in [6.07, 6.45) is 2.06. The van der Waals surface area contributed by atoms with Crippen LogP contribution in [0.15, 0.2) is 42.6 Å². The molecule has 1 aliphatic heterocycles. The molecule has 5 rings (SSSR count). The second-order valence-electron chi connectivity index (χ2n) is 6.06. The van der Waals surface area contributed by atoms with E-state index < -0.39 is 0 Å². The second-order valence-corrected chi connectivity index (χ2v) is 7.09. The van der Waals surface area contributed by atoms with Crippen LogP contribution >= 0.6 is 11.3 Å². The number of aromatic nitrogens is 1. The van der Waals surface area contributed by atoms with Crippen LogP contribution in [0.25, 0.3) is 37.0 Å². The Morgan fingerprint density at radius 2 is 2.04 bits per heavy atom. The van der Waals surface area contributed by atoms with Crippen molar-refractivity contribution in [3.63, 3.8) is 0 Å². The molecule has 0 spiro atoms. The molecule has 3 nitrogen and oxygen atoms in total. The SMILES string of the molecule is [C-]#[N+]c1sc2cc[n+](C)c3c2c1Oc1cc2ccccc2c(C)c1-3. The predicted molar refractivity (Wildman–Crippen MR) is 97.0 cm³/mol. The van der Waals surface area contributed by atoms with Crippen LogP contribution in [0.2, 0.25) is 0 Å². The Morgan fingerprint density at radius 3 is 2.88 bits per heavy atom. The van der Waals surface area contributed by atoms with Gasteiger partial charge in [0.25, 0.3) is 5.00 Å². The molecule has 0 amide bonds. The molecule has 24 heavy (non-hydrogen) atoms. The first kappa shape index (κ1) is 13.5. The van der Waals surface area contributed by atoms with Crippen molar-refractivity contribution in [1.29, 1.82) is 0 Å². The zero-order chi connectivity index (χ0) is 16.4. The van der Waals surface area contributed by atoms with Crippen molar-refractivity contribution in [2.45, 2.75) is 6.92 Å². The van der Waals surface area contributed by atoms with E-state index in [0.717, 1.165) is 32.5 Å². The fraction of sp³-hybridized carbons (Fsp3) is 0.100. The molecular formula is C20H13N2OS+. The molecule has 0 N–H and O–H groups in total. The zero-order valence-corrected chi connectivity index (χ0v) is 14.1. The highest BCUT2D eigenvalue weighted by Crippen LogP contribution is 2.55. The van der Waals surface area contributed by atoms with Crippen LogP contribution < -0.4 is 9.30 Å². The highest BCUT2D eigenvalue weighted by molar-refractivity contribution is 7.23. The van der Waals surface area contributed by atoms with Gasteiger partial charge in [0.1, 0.15) is 12.8 Å². The van der Waals surface area contributed by atoms with Gasteiger partial charge in [-0.15, -0.1) is 11.3 Å². The molecular weight excluding hydrogens is 316 g/mol. The fourth-order valence-corrected chi connectivity index (χ4v) is 4.55. The van der Waals surface area contributed by atoms with Gasteiger partial charge < -0.3 is 4.74 Å². The first-order valence-corrected chi connectivity index (χ1v) is 8.54. The van der Waals surface area contributed by atoms with E-state index in [9.17, 15) is 0 Å². The van der Waals surface area contributed by atoms with Gasteiger partial charge in [-0.2, -0.15) is 0 Å². The minimum Gasteiger partial charge on any atom is -0.466 e. The molecule has 2 aromatic carbocycles. The van der Waals surface area contributed by atoms with Crippen LogP contribution in [-0.4, -0.2) is 0 Å². The first-order chi connectivity index (χ1) is 11.7. The molecule has 0 aliphatic carbocycles. The number of pyridine rings is 1. The van der Waals surface area contributed by atoms with Gasteiger partial charge in [0, 0.05) is 10.8 Å². The lowest BCUT2D eigenvalue weighted by Gasteiger charge is -2.20. The van der Waals surface area contributed by atoms with E-state index >= 15 is 0 Å². The molecule has 1 aliphatic rings. The first-order valence-electron chi connectivity index (χ1n) is 7.72. The van der Waals surface area contributed by atoms with Crippen LogP contribution in [-0.2, 0) is 7.05 Å². The van der Waals surface area contributed by atoms with Gasteiger partial charge in [-0.05, 0) is 29.3 Å². The number of benzene rings is 2. The summed E-state index contributed by atoms with van der Waals surface area (Å²) in [7, 11) is 2.05. The summed E-state index contributed by atoms with van der Waals surface area (Å²) in [5.41, 5.74) is 3.48. The molecule has 0 fully saturated rings. The smallest absolute Gasteiger partial charge is 0.284 e. The van der Waals surface area contributed by atoms with Gasteiger partial charge in [-0.25, -0.2) is 9.41 Å². The molecule has 0 unspecified atom stereocenters. The largest absolute Gasteiger partial charge is 0.466 e. The molecule has 2 aromatic heterocycles. The number of hydrogen-bond donors (Lipinski definition) is 0. The van der Waals surface area contributed by atoms with E-state index in [-0.39, 0.29) is 0 Å². The van der Waals surface area contributed by atoms with E-state index in [4.69, 9.17) is 11.3 Å². The van der Waals surface area contributed by atoms with Crippen LogP contribution in [0, 0.1) is 13.5 Å². The average Bonchev–Trinajstić information content (AvgIpc) is 2.96. The quantitative estimate of drug-likeness (QED) is 0.270. The number of fused-ring (bicyclic) bond motifs is 3. The van der Waals surface area contributed by atoms with E-state index in [0.29, 0.717) is 10.8 Å². The molecule has 0 atom stereocenters. The minimum atomic E-state index is 0.619. The van der Waals surface area contributed by atoms with E-state index in [1.54, 1.807) is 0 Å². The average molecular weight is 329 g/mol. The van der Waals surface area contributed by atoms with E-state index in [1.165, 1.54) is 22.3 Å². The Kier molecular flexibility index (Phi) is 2.57. The summed E-state index contributed by atoms with van der Waals surface area (Å²) in [5, 5.41) is 4.07. The van der Waals surface area contributed by atoms with Crippen molar-refractivity contribution in [2.24, 2.45) is 7.05 Å². The standard InChI is InChI=1S/C20H13N2OS/c1-11-13-7-5-4-6-12(13)10-14-16(11)18-17-15(8-9-22(18)3)24-20(21-2)19(17)23-14/h4-10H,1,3H3/q+1. The second kappa shape index (κ2) is 4.56. The maximum absolute atomic E-state index is 7.47. The number of aryl methyl sites for hydroxylation is 2. The Labute approximate surface area is 143 Å². The van der Waals surface area contributed by atoms with E-state index in [2.05, 4.69) is 59.9 Å². The predicted octanol–water partition coefficient (Wildman–Crippen LogP) is 5.51. The Bertz CT molecular complexity index is 1210. The monoisotopic (exact) mass is 329 g/mol. The lowest BCUT2D eigenvalue weighted by Crippen LogP contribution is -2.31. The summed E-state index contributed by atoms with van der Waals surface area (Å²) in [4.78, 5) is 3.68. The number of nitrogens with zero attached hydrogens (tertiary/aromatic N) is 2. The summed E-state index contributed by atoms with van der Waals surface area (Å²) in [6.45, 7) is 9.62. The van der Waals surface area contributed by atoms with Crippen LogP contribution in [0.5, 0.6) is 11.5 Å². The third-order valence-electron chi connectivity index (χ3n) is 4.74. The highest BCUT2D eigenvalue weighted by atomic mass is 32.1. The molecule has 114 valence electrons. The number of thiophene rings is 1. The van der Waals surface area contributed by atoms with Crippen LogP contribution in [0.4, 0.5) is 5.00 Å². The molecule has 0 saturated heterocycles. The molecule has 4 heteroatoms. The summed E-state index contributed by atoms with van der Waals surface area (Å²) < 4.78 is 9.47. The van der Waals surface area contributed by atoms with E-state index in [1.807, 2.05) is 6.07 Å². The van der Waals surface area contributed by atoms with Crippen LogP contribution in [0.1, 0.15) is 5.56 Å². The summed E-state index contributed by atoms with van der Waals surface area (Å²) in [5.74, 6) is 1.54. The molecule has 3 heterocycles. The van der Waals surface area contributed by atoms with Crippen molar-refractivity contribution in [3.8, 4) is 22.8 Å². The normalized spacial score (nSPS) is 12.0. The molecule has 4 aromatic rings. The lowest BCUT2D eigenvalue weighted by atomic mass is 9.93. The Hall–Kier alpha value is -2.90. The zero-order valence-electron chi connectivity index (χ0n) is 13.3. The fourth-order valence-electron chi connectivity index (χ4n) is 3.64. The summed E-state index contributed by atoms with van der Waals surface area (Å²) in [6, 6.07) is 12.5. The van der Waals surface area contributed by atoms with Gasteiger partial charge in [-0.1, -0.05) is 24.3 Å². The van der Waals surface area contributed by atoms with Crippen molar-refractivity contribution >= 4 is 37.2 Å². The van der Waals surface area contributed by atoms with Gasteiger partial charge >= 0.3 is 0 Å². The summed E-state index contributed by atoms with van der Waals surface area (Å²) >= 11 is 1.50. The van der Waals surface area contributed by atoms with Crippen molar-refractivity contribution < 1.29 is 9.30 Å². The van der Waals surface area contributed by atoms with Gasteiger partial charge in [-0.3, -0.25) is 0 Å². The van der Waals surface area contributed by atoms with Crippen molar-refractivity contribution in [3.05, 3.63) is 59.6 Å². The molecule has 0 saturated carbocycles. The Balaban J connectivity index is 2.02. The highest BCUT2D eigenvalue weighted by Gasteiger charge is 2.33. The van der Waals surface area contributed by atoms with Gasteiger partial charge in [0.15, 0.2) is 11.9 Å². The Morgan fingerprint density at radius 1 is 1.21 bits per heavy atom. The number of ether oxygens (including phenoxy) is 1.